The molecule has 2 N–H and O–H groups in total. The third kappa shape index (κ3) is 5.68. The number of benzene rings is 1. The first kappa shape index (κ1) is 19.1. The molecule has 2 rings (SSSR count). The Morgan fingerprint density at radius 1 is 1.28 bits per heavy atom. The van der Waals surface area contributed by atoms with Crippen LogP contribution in [0.1, 0.15) is 13.8 Å². The Hall–Kier alpha value is -2.19. The zero-order valence-electron chi connectivity index (χ0n) is 15.1. The molecule has 0 spiro atoms. The highest BCUT2D eigenvalue weighted by atomic mass is 16.6. The van der Waals surface area contributed by atoms with Gasteiger partial charge < -0.3 is 15.5 Å². The number of urea groups is 1. The highest BCUT2D eigenvalue weighted by Gasteiger charge is 2.25. The van der Waals surface area contributed by atoms with Crippen LogP contribution >= 0.6 is 0 Å². The lowest BCUT2D eigenvalue weighted by Crippen LogP contribution is -2.54. The highest BCUT2D eigenvalue weighted by molar-refractivity contribution is 5.89. The predicted octanol–water partition coefficient (Wildman–Crippen LogP) is 1.99. The van der Waals surface area contributed by atoms with Gasteiger partial charge in [-0.25, -0.2) is 4.79 Å². The van der Waals surface area contributed by atoms with Gasteiger partial charge in [0.1, 0.15) is 0 Å². The molecular formula is C17H27N5O3. The molecule has 138 valence electrons. The number of nitrogens with one attached hydrogen (secondary N) is 2. The van der Waals surface area contributed by atoms with Gasteiger partial charge >= 0.3 is 6.03 Å². The van der Waals surface area contributed by atoms with Crippen LogP contribution in [0.4, 0.5) is 16.2 Å². The number of nitro benzene ring substituents is 1. The summed E-state index contributed by atoms with van der Waals surface area (Å²) in [4.78, 5) is 27.2. The first-order valence-electron chi connectivity index (χ1n) is 8.58. The van der Waals surface area contributed by atoms with Crippen LogP contribution in [0.15, 0.2) is 24.3 Å². The summed E-state index contributed by atoms with van der Waals surface area (Å²) in [5, 5.41) is 16.4. The van der Waals surface area contributed by atoms with E-state index < -0.39 is 4.92 Å². The first-order valence-corrected chi connectivity index (χ1v) is 8.58. The van der Waals surface area contributed by atoms with Gasteiger partial charge in [-0.3, -0.25) is 15.0 Å². The second kappa shape index (κ2) is 8.77. The third-order valence-corrected chi connectivity index (χ3v) is 4.56. The van der Waals surface area contributed by atoms with E-state index in [1.165, 1.54) is 12.1 Å². The molecule has 1 unspecified atom stereocenters. The minimum absolute atomic E-state index is 0.0460. The van der Waals surface area contributed by atoms with Crippen molar-refractivity contribution < 1.29 is 9.72 Å². The second-order valence-corrected chi connectivity index (χ2v) is 6.79. The molecule has 1 fully saturated rings. The van der Waals surface area contributed by atoms with Crippen molar-refractivity contribution in [3.8, 4) is 0 Å². The number of anilines is 1. The summed E-state index contributed by atoms with van der Waals surface area (Å²) in [6.45, 7) is 8.90. The van der Waals surface area contributed by atoms with E-state index in [0.717, 1.165) is 26.2 Å². The SMILES string of the molecule is CC(C)C(CNC(=O)Nc1cccc([N+](=O)[O-])c1)N1CCN(C)CC1. The summed E-state index contributed by atoms with van der Waals surface area (Å²) >= 11 is 0. The zero-order valence-corrected chi connectivity index (χ0v) is 15.1. The van der Waals surface area contributed by atoms with E-state index in [1.54, 1.807) is 12.1 Å². The van der Waals surface area contributed by atoms with E-state index in [1.807, 2.05) is 0 Å². The van der Waals surface area contributed by atoms with Crippen LogP contribution in [0.3, 0.4) is 0 Å². The number of piperazine rings is 1. The number of non-ortho nitro benzene ring substituents is 1. The number of hydrogen-bond donors (Lipinski definition) is 2. The van der Waals surface area contributed by atoms with Crippen molar-refractivity contribution in [1.29, 1.82) is 0 Å². The second-order valence-electron chi connectivity index (χ2n) is 6.79. The number of amides is 2. The molecule has 1 aliphatic rings. The van der Waals surface area contributed by atoms with Gasteiger partial charge in [0.2, 0.25) is 0 Å². The molecule has 0 aromatic heterocycles. The first-order chi connectivity index (χ1) is 11.9. The van der Waals surface area contributed by atoms with Crippen molar-refractivity contribution in [1.82, 2.24) is 15.1 Å². The monoisotopic (exact) mass is 349 g/mol. The number of likely N-dealkylation sites (N-methyl/N-ethyl adjacent to an activating group) is 1. The maximum Gasteiger partial charge on any atom is 0.319 e. The predicted molar refractivity (Wildman–Crippen MR) is 97.8 cm³/mol. The molecule has 1 saturated heterocycles. The summed E-state index contributed by atoms with van der Waals surface area (Å²) < 4.78 is 0. The summed E-state index contributed by atoms with van der Waals surface area (Å²) in [5.74, 6) is 0.418. The molecule has 1 heterocycles. The zero-order chi connectivity index (χ0) is 18.4. The van der Waals surface area contributed by atoms with Crippen LogP contribution < -0.4 is 10.6 Å². The van der Waals surface area contributed by atoms with E-state index in [4.69, 9.17) is 0 Å². The van der Waals surface area contributed by atoms with Crippen LogP contribution in [0.2, 0.25) is 0 Å². The number of carbonyl (C=O) groups excluding carboxylic acids is 1. The molecule has 0 radical (unpaired) electrons. The average molecular weight is 349 g/mol. The number of nitro groups is 1. The Morgan fingerprint density at radius 2 is 1.96 bits per heavy atom. The van der Waals surface area contributed by atoms with E-state index in [0.29, 0.717) is 18.2 Å². The van der Waals surface area contributed by atoms with Gasteiger partial charge in [0, 0.05) is 56.6 Å². The van der Waals surface area contributed by atoms with Crippen LogP contribution in [-0.2, 0) is 0 Å². The minimum Gasteiger partial charge on any atom is -0.336 e. The van der Waals surface area contributed by atoms with E-state index >= 15 is 0 Å². The normalized spacial score (nSPS) is 17.3. The average Bonchev–Trinajstić information content (AvgIpc) is 2.56. The van der Waals surface area contributed by atoms with Crippen molar-refractivity contribution in [2.45, 2.75) is 19.9 Å². The van der Waals surface area contributed by atoms with Gasteiger partial charge in [-0.05, 0) is 19.0 Å². The van der Waals surface area contributed by atoms with Crippen LogP contribution in [0, 0.1) is 16.0 Å². The molecule has 1 aromatic rings. The van der Waals surface area contributed by atoms with E-state index in [-0.39, 0.29) is 17.8 Å². The fraction of sp³-hybridized carbons (Fsp3) is 0.588. The van der Waals surface area contributed by atoms with Crippen LogP contribution in [-0.4, -0.2) is 66.6 Å². The van der Waals surface area contributed by atoms with Crippen LogP contribution in [0.5, 0.6) is 0 Å². The van der Waals surface area contributed by atoms with Crippen molar-refractivity contribution in [2.75, 3.05) is 45.1 Å². The van der Waals surface area contributed by atoms with Crippen molar-refractivity contribution >= 4 is 17.4 Å². The highest BCUT2D eigenvalue weighted by Crippen LogP contribution is 2.17. The Balaban J connectivity index is 1.88. The van der Waals surface area contributed by atoms with E-state index in [9.17, 15) is 14.9 Å². The molecule has 0 aliphatic carbocycles. The molecule has 25 heavy (non-hydrogen) atoms. The fourth-order valence-electron chi connectivity index (χ4n) is 3.01. The smallest absolute Gasteiger partial charge is 0.319 e. The van der Waals surface area contributed by atoms with Gasteiger partial charge in [0.15, 0.2) is 0 Å². The molecule has 1 aliphatic heterocycles. The fourth-order valence-corrected chi connectivity index (χ4v) is 3.01. The lowest BCUT2D eigenvalue weighted by atomic mass is 10.0. The quantitative estimate of drug-likeness (QED) is 0.605. The van der Waals surface area contributed by atoms with Gasteiger partial charge in [-0.1, -0.05) is 19.9 Å². The van der Waals surface area contributed by atoms with Gasteiger partial charge in [-0.15, -0.1) is 0 Å². The topological polar surface area (TPSA) is 90.7 Å². The summed E-state index contributed by atoms with van der Waals surface area (Å²) in [6, 6.07) is 5.84. The Bertz CT molecular complexity index is 600. The largest absolute Gasteiger partial charge is 0.336 e. The number of hydrogen-bond acceptors (Lipinski definition) is 5. The molecule has 1 aromatic carbocycles. The standard InChI is InChI=1S/C17H27N5O3/c1-13(2)16(21-9-7-20(3)8-10-21)12-18-17(23)19-14-5-4-6-15(11-14)22(24)25/h4-6,11,13,16H,7-10,12H2,1-3H3,(H2,18,19,23). The Labute approximate surface area is 148 Å². The third-order valence-electron chi connectivity index (χ3n) is 4.56. The molecule has 0 bridgehead atoms. The summed E-state index contributed by atoms with van der Waals surface area (Å²) in [7, 11) is 2.12. The maximum absolute atomic E-state index is 12.1. The summed E-state index contributed by atoms with van der Waals surface area (Å²) in [6.07, 6.45) is 0. The molecule has 2 amide bonds. The minimum atomic E-state index is -0.481. The van der Waals surface area contributed by atoms with Gasteiger partial charge in [0.25, 0.3) is 5.69 Å². The number of carbonyl (C=O) groups is 1. The lowest BCUT2D eigenvalue weighted by molar-refractivity contribution is -0.384. The lowest BCUT2D eigenvalue weighted by Gasteiger charge is -2.39. The number of rotatable bonds is 6. The van der Waals surface area contributed by atoms with Crippen molar-refractivity contribution in [3.05, 3.63) is 34.4 Å². The molecule has 8 heteroatoms. The molecule has 0 saturated carbocycles. The number of nitrogens with zero attached hydrogens (tertiary/aromatic N) is 3. The molecular weight excluding hydrogens is 322 g/mol. The van der Waals surface area contributed by atoms with Crippen molar-refractivity contribution in [3.63, 3.8) is 0 Å². The van der Waals surface area contributed by atoms with Gasteiger partial charge in [0.05, 0.1) is 4.92 Å². The molecule has 1 atom stereocenters. The summed E-state index contributed by atoms with van der Waals surface area (Å²) in [5.41, 5.74) is 0.364. The maximum atomic E-state index is 12.1. The Kier molecular flexibility index (Phi) is 6.72. The van der Waals surface area contributed by atoms with Crippen molar-refractivity contribution in [2.24, 2.45) is 5.92 Å². The molecule has 8 nitrogen and oxygen atoms in total. The van der Waals surface area contributed by atoms with E-state index in [2.05, 4.69) is 41.3 Å². The Morgan fingerprint density at radius 3 is 2.56 bits per heavy atom. The van der Waals surface area contributed by atoms with Gasteiger partial charge in [-0.2, -0.15) is 0 Å². The van der Waals surface area contributed by atoms with Crippen LogP contribution in [0.25, 0.3) is 0 Å².